The molecular formula is C20H22BrN3O2. The number of hydrogen-bond acceptors (Lipinski definition) is 3. The number of fused-ring (bicyclic) bond motifs is 1. The fourth-order valence-electron chi connectivity index (χ4n) is 3.77. The summed E-state index contributed by atoms with van der Waals surface area (Å²) in [4.78, 5) is 16.8. The maximum Gasteiger partial charge on any atom is 0.317 e. The Labute approximate surface area is 161 Å². The van der Waals surface area contributed by atoms with Crippen molar-refractivity contribution in [3.63, 3.8) is 0 Å². The van der Waals surface area contributed by atoms with E-state index in [2.05, 4.69) is 38.3 Å². The molecule has 0 aromatic heterocycles. The van der Waals surface area contributed by atoms with Crippen molar-refractivity contribution in [3.05, 3.63) is 58.1 Å². The third-order valence-corrected chi connectivity index (χ3v) is 5.67. The zero-order valence-corrected chi connectivity index (χ0v) is 16.1. The van der Waals surface area contributed by atoms with Crippen LogP contribution in [0.4, 0.5) is 10.5 Å². The van der Waals surface area contributed by atoms with Crippen molar-refractivity contribution in [3.8, 4) is 5.75 Å². The van der Waals surface area contributed by atoms with Crippen LogP contribution >= 0.6 is 15.9 Å². The van der Waals surface area contributed by atoms with Gasteiger partial charge in [-0.25, -0.2) is 4.79 Å². The fraction of sp³-hybridized carbons (Fsp3) is 0.350. The number of anilines is 1. The number of urea groups is 1. The molecule has 0 aliphatic carbocycles. The van der Waals surface area contributed by atoms with Gasteiger partial charge in [0.25, 0.3) is 0 Å². The summed E-state index contributed by atoms with van der Waals surface area (Å²) in [6.07, 6.45) is 1.78. The average molecular weight is 416 g/mol. The minimum Gasteiger partial charge on any atom is -0.508 e. The van der Waals surface area contributed by atoms with E-state index in [0.29, 0.717) is 13.1 Å². The molecular weight excluding hydrogens is 394 g/mol. The van der Waals surface area contributed by atoms with E-state index in [1.165, 1.54) is 11.3 Å². The van der Waals surface area contributed by atoms with E-state index in [9.17, 15) is 9.90 Å². The Bertz CT molecular complexity index is 826. The SMILES string of the molecule is O=C(NC1CCN(c2cccc(Br)c2)C1)N1CCc2ccc(O)cc2C1. The molecule has 1 saturated heterocycles. The van der Waals surface area contributed by atoms with Crippen LogP contribution in [0.15, 0.2) is 46.9 Å². The third-order valence-electron chi connectivity index (χ3n) is 5.18. The van der Waals surface area contributed by atoms with E-state index in [1.54, 1.807) is 12.1 Å². The van der Waals surface area contributed by atoms with Gasteiger partial charge in [-0.15, -0.1) is 0 Å². The molecule has 6 heteroatoms. The number of phenols is 1. The Balaban J connectivity index is 1.36. The molecule has 0 saturated carbocycles. The number of amides is 2. The summed E-state index contributed by atoms with van der Waals surface area (Å²) < 4.78 is 1.07. The zero-order valence-electron chi connectivity index (χ0n) is 14.5. The molecule has 2 aromatic carbocycles. The number of rotatable bonds is 2. The molecule has 1 unspecified atom stereocenters. The van der Waals surface area contributed by atoms with Crippen LogP contribution in [0.5, 0.6) is 5.75 Å². The fourth-order valence-corrected chi connectivity index (χ4v) is 4.16. The van der Waals surface area contributed by atoms with Crippen LogP contribution in [-0.2, 0) is 13.0 Å². The van der Waals surface area contributed by atoms with Crippen LogP contribution in [0.2, 0.25) is 0 Å². The molecule has 26 heavy (non-hydrogen) atoms. The molecule has 2 aliphatic rings. The van der Waals surface area contributed by atoms with Crippen molar-refractivity contribution >= 4 is 27.6 Å². The van der Waals surface area contributed by atoms with E-state index < -0.39 is 0 Å². The highest BCUT2D eigenvalue weighted by molar-refractivity contribution is 9.10. The van der Waals surface area contributed by atoms with Gasteiger partial charge in [0, 0.05) is 42.4 Å². The van der Waals surface area contributed by atoms with E-state index in [0.717, 1.165) is 36.0 Å². The predicted molar refractivity (Wildman–Crippen MR) is 106 cm³/mol. The third kappa shape index (κ3) is 3.65. The summed E-state index contributed by atoms with van der Waals surface area (Å²) in [6, 6.07) is 13.8. The lowest BCUT2D eigenvalue weighted by Gasteiger charge is -2.30. The second-order valence-electron chi connectivity index (χ2n) is 6.99. The second-order valence-corrected chi connectivity index (χ2v) is 7.90. The van der Waals surface area contributed by atoms with Crippen molar-refractivity contribution in [2.24, 2.45) is 0 Å². The minimum absolute atomic E-state index is 0.0138. The first kappa shape index (κ1) is 17.2. The van der Waals surface area contributed by atoms with Crippen molar-refractivity contribution in [2.75, 3.05) is 24.5 Å². The number of hydrogen-bond donors (Lipinski definition) is 2. The first-order valence-corrected chi connectivity index (χ1v) is 9.74. The number of benzene rings is 2. The second kappa shape index (κ2) is 7.19. The van der Waals surface area contributed by atoms with Gasteiger partial charge in [0.2, 0.25) is 0 Å². The lowest BCUT2D eigenvalue weighted by atomic mass is 10.00. The number of carbonyl (C=O) groups is 1. The van der Waals surface area contributed by atoms with Gasteiger partial charge >= 0.3 is 6.03 Å². The number of aromatic hydroxyl groups is 1. The molecule has 2 N–H and O–H groups in total. The molecule has 1 atom stereocenters. The van der Waals surface area contributed by atoms with Crippen molar-refractivity contribution in [1.82, 2.24) is 10.2 Å². The Kier molecular flexibility index (Phi) is 4.76. The lowest BCUT2D eigenvalue weighted by Crippen LogP contribution is -2.47. The summed E-state index contributed by atoms with van der Waals surface area (Å²) in [5, 5.41) is 12.9. The zero-order chi connectivity index (χ0) is 18.1. The summed E-state index contributed by atoms with van der Waals surface area (Å²) in [7, 11) is 0. The van der Waals surface area contributed by atoms with Crippen molar-refractivity contribution in [2.45, 2.75) is 25.4 Å². The van der Waals surface area contributed by atoms with Gasteiger partial charge in [-0.2, -0.15) is 0 Å². The van der Waals surface area contributed by atoms with Crippen LogP contribution < -0.4 is 10.2 Å². The van der Waals surface area contributed by atoms with Gasteiger partial charge < -0.3 is 20.2 Å². The van der Waals surface area contributed by atoms with Gasteiger partial charge in [-0.1, -0.05) is 28.1 Å². The maximum atomic E-state index is 12.7. The number of halogens is 1. The number of nitrogens with one attached hydrogen (secondary N) is 1. The molecule has 2 heterocycles. The van der Waals surface area contributed by atoms with E-state index in [1.807, 2.05) is 23.1 Å². The highest BCUT2D eigenvalue weighted by Gasteiger charge is 2.27. The highest BCUT2D eigenvalue weighted by atomic mass is 79.9. The number of nitrogens with zero attached hydrogens (tertiary/aromatic N) is 2. The van der Waals surface area contributed by atoms with Crippen LogP contribution in [0, 0.1) is 0 Å². The van der Waals surface area contributed by atoms with Crippen LogP contribution in [0.1, 0.15) is 17.5 Å². The molecule has 1 fully saturated rings. The predicted octanol–water partition coefficient (Wildman–Crippen LogP) is 3.50. The Hall–Kier alpha value is -2.21. The Morgan fingerprint density at radius 2 is 2.04 bits per heavy atom. The number of phenolic OH excluding ortho intramolecular Hbond substituents is 1. The molecule has 136 valence electrons. The maximum absolute atomic E-state index is 12.7. The largest absolute Gasteiger partial charge is 0.508 e. The smallest absolute Gasteiger partial charge is 0.317 e. The van der Waals surface area contributed by atoms with Crippen molar-refractivity contribution < 1.29 is 9.90 Å². The molecule has 5 nitrogen and oxygen atoms in total. The monoisotopic (exact) mass is 415 g/mol. The molecule has 4 rings (SSSR count). The summed E-state index contributed by atoms with van der Waals surface area (Å²) >= 11 is 3.51. The lowest BCUT2D eigenvalue weighted by molar-refractivity contribution is 0.189. The van der Waals surface area contributed by atoms with Gasteiger partial charge in [-0.05, 0) is 54.3 Å². The standard InChI is InChI=1S/C20H22BrN3O2/c21-16-2-1-3-18(11-16)23-9-7-17(13-23)22-20(26)24-8-6-14-4-5-19(25)10-15(14)12-24/h1-5,10-11,17,25H,6-9,12-13H2,(H,22,26). The van der Waals surface area contributed by atoms with Gasteiger partial charge in [0.15, 0.2) is 0 Å². The molecule has 2 amide bonds. The summed E-state index contributed by atoms with van der Waals surface area (Å²) in [6.45, 7) is 3.04. The van der Waals surface area contributed by atoms with Crippen LogP contribution in [0.25, 0.3) is 0 Å². The molecule has 2 aromatic rings. The summed E-state index contributed by atoms with van der Waals surface area (Å²) in [5.74, 6) is 0.256. The van der Waals surface area contributed by atoms with Crippen LogP contribution in [0.3, 0.4) is 0 Å². The van der Waals surface area contributed by atoms with Crippen LogP contribution in [-0.4, -0.2) is 41.7 Å². The first-order chi connectivity index (χ1) is 12.6. The Morgan fingerprint density at radius 3 is 2.88 bits per heavy atom. The van der Waals surface area contributed by atoms with E-state index in [4.69, 9.17) is 0 Å². The normalized spacial score (nSPS) is 19.3. The first-order valence-electron chi connectivity index (χ1n) is 8.95. The van der Waals surface area contributed by atoms with E-state index >= 15 is 0 Å². The Morgan fingerprint density at radius 1 is 1.15 bits per heavy atom. The number of carbonyl (C=O) groups excluding carboxylic acids is 1. The molecule has 0 bridgehead atoms. The van der Waals surface area contributed by atoms with Gasteiger partial charge in [-0.3, -0.25) is 0 Å². The van der Waals surface area contributed by atoms with Crippen molar-refractivity contribution in [1.29, 1.82) is 0 Å². The van der Waals surface area contributed by atoms with Gasteiger partial charge in [0.1, 0.15) is 5.75 Å². The quantitative estimate of drug-likeness (QED) is 0.788. The average Bonchev–Trinajstić information content (AvgIpc) is 3.09. The highest BCUT2D eigenvalue weighted by Crippen LogP contribution is 2.25. The topological polar surface area (TPSA) is 55.8 Å². The summed E-state index contributed by atoms with van der Waals surface area (Å²) in [5.41, 5.74) is 3.43. The minimum atomic E-state index is -0.0138. The van der Waals surface area contributed by atoms with E-state index in [-0.39, 0.29) is 17.8 Å². The van der Waals surface area contributed by atoms with Gasteiger partial charge in [0.05, 0.1) is 0 Å². The molecule has 0 spiro atoms. The molecule has 2 aliphatic heterocycles. The molecule has 0 radical (unpaired) electrons.